The number of ether oxygens (including phenoxy) is 1. The van der Waals surface area contributed by atoms with E-state index in [2.05, 4.69) is 24.4 Å². The molecule has 2 N–H and O–H groups in total. The maximum atomic E-state index is 10.1. The van der Waals surface area contributed by atoms with Gasteiger partial charge in [0.2, 0.25) is 0 Å². The molecule has 0 saturated heterocycles. The van der Waals surface area contributed by atoms with Crippen LogP contribution in [-0.4, -0.2) is 24.4 Å². The quantitative estimate of drug-likeness (QED) is 0.684. The van der Waals surface area contributed by atoms with Gasteiger partial charge in [-0.05, 0) is 43.0 Å². The Labute approximate surface area is 128 Å². The lowest BCUT2D eigenvalue weighted by molar-refractivity contribution is 0.0855. The van der Waals surface area contributed by atoms with E-state index in [0.717, 1.165) is 31.7 Å². The Morgan fingerprint density at radius 2 is 2.14 bits per heavy atom. The Hall–Kier alpha value is -1.06. The first-order chi connectivity index (χ1) is 10.3. The van der Waals surface area contributed by atoms with Crippen LogP contribution in [0, 0.1) is 5.92 Å². The van der Waals surface area contributed by atoms with Gasteiger partial charge in [0.05, 0.1) is 6.10 Å². The zero-order valence-corrected chi connectivity index (χ0v) is 13.2. The van der Waals surface area contributed by atoms with Crippen LogP contribution in [0.2, 0.25) is 0 Å². The van der Waals surface area contributed by atoms with Crippen molar-refractivity contribution in [1.29, 1.82) is 0 Å². The van der Waals surface area contributed by atoms with Gasteiger partial charge in [-0.1, -0.05) is 44.7 Å². The normalized spacial score (nSPS) is 17.0. The monoisotopic (exact) mass is 291 g/mol. The van der Waals surface area contributed by atoms with Crippen LogP contribution in [0.5, 0.6) is 5.75 Å². The van der Waals surface area contributed by atoms with Crippen molar-refractivity contribution in [2.75, 3.05) is 13.2 Å². The highest BCUT2D eigenvalue weighted by Gasteiger charge is 2.19. The lowest BCUT2D eigenvalue weighted by atomic mass is 10.0. The molecule has 2 rings (SSSR count). The van der Waals surface area contributed by atoms with Gasteiger partial charge in [0.1, 0.15) is 12.4 Å². The molecular weight excluding hydrogens is 262 g/mol. The third kappa shape index (κ3) is 6.06. The summed E-state index contributed by atoms with van der Waals surface area (Å²) in [7, 11) is 0. The van der Waals surface area contributed by atoms with Gasteiger partial charge in [-0.15, -0.1) is 0 Å². The average Bonchev–Trinajstić information content (AvgIpc) is 2.99. The first kappa shape index (κ1) is 16.3. The van der Waals surface area contributed by atoms with Gasteiger partial charge in [-0.3, -0.25) is 0 Å². The van der Waals surface area contributed by atoms with Crippen LogP contribution in [0.3, 0.4) is 0 Å². The van der Waals surface area contributed by atoms with E-state index in [9.17, 15) is 5.11 Å². The van der Waals surface area contributed by atoms with Crippen molar-refractivity contribution in [3.8, 4) is 5.75 Å². The van der Waals surface area contributed by atoms with Crippen molar-refractivity contribution in [2.45, 2.75) is 58.1 Å². The molecule has 0 aromatic heterocycles. The summed E-state index contributed by atoms with van der Waals surface area (Å²) >= 11 is 0. The summed E-state index contributed by atoms with van der Waals surface area (Å²) in [6.45, 7) is 4.47. The molecule has 0 aliphatic heterocycles. The number of nitrogens with one attached hydrogen (secondary N) is 1. The van der Waals surface area contributed by atoms with E-state index < -0.39 is 0 Å². The van der Waals surface area contributed by atoms with Gasteiger partial charge in [0.15, 0.2) is 0 Å². The van der Waals surface area contributed by atoms with E-state index in [1.165, 1.54) is 31.2 Å². The maximum absolute atomic E-state index is 10.1. The fourth-order valence-electron chi connectivity index (χ4n) is 3.05. The molecule has 3 nitrogen and oxygen atoms in total. The van der Waals surface area contributed by atoms with E-state index in [1.807, 2.05) is 12.1 Å². The molecule has 118 valence electrons. The third-order valence-electron chi connectivity index (χ3n) is 4.18. The van der Waals surface area contributed by atoms with Gasteiger partial charge in [-0.25, -0.2) is 0 Å². The molecular formula is C18H29NO2. The highest BCUT2D eigenvalue weighted by atomic mass is 16.5. The van der Waals surface area contributed by atoms with Crippen LogP contribution in [-0.2, 0) is 6.54 Å². The van der Waals surface area contributed by atoms with Crippen molar-refractivity contribution < 1.29 is 9.84 Å². The van der Waals surface area contributed by atoms with Gasteiger partial charge in [0, 0.05) is 6.54 Å². The van der Waals surface area contributed by atoms with E-state index in [0.29, 0.717) is 12.5 Å². The summed E-state index contributed by atoms with van der Waals surface area (Å²) in [5, 5.41) is 13.5. The first-order valence-corrected chi connectivity index (χ1v) is 8.38. The van der Waals surface area contributed by atoms with Crippen molar-refractivity contribution in [1.82, 2.24) is 5.32 Å². The Balaban J connectivity index is 1.72. The molecule has 1 aromatic carbocycles. The lowest BCUT2D eigenvalue weighted by Gasteiger charge is -2.16. The Kier molecular flexibility index (Phi) is 7.04. The van der Waals surface area contributed by atoms with Crippen LogP contribution in [0.4, 0.5) is 0 Å². The average molecular weight is 291 g/mol. The van der Waals surface area contributed by atoms with E-state index in [1.54, 1.807) is 0 Å². The second-order valence-electron chi connectivity index (χ2n) is 6.18. The standard InChI is InChI=1S/C18H29NO2/c1-2-10-19-13-16-8-5-9-18(12-16)21-14-17(20)11-15-6-3-4-7-15/h5,8-9,12,15,17,19-20H,2-4,6-7,10-11,13-14H2,1H3. The molecule has 1 aliphatic rings. The Bertz CT molecular complexity index is 402. The van der Waals surface area contributed by atoms with Crippen LogP contribution < -0.4 is 10.1 Å². The van der Waals surface area contributed by atoms with Crippen molar-refractivity contribution in [2.24, 2.45) is 5.92 Å². The van der Waals surface area contributed by atoms with Crippen LogP contribution in [0.25, 0.3) is 0 Å². The maximum Gasteiger partial charge on any atom is 0.119 e. The number of aliphatic hydroxyl groups excluding tert-OH is 1. The Morgan fingerprint density at radius 1 is 1.33 bits per heavy atom. The molecule has 1 unspecified atom stereocenters. The minimum Gasteiger partial charge on any atom is -0.491 e. The molecule has 0 amide bonds. The lowest BCUT2D eigenvalue weighted by Crippen LogP contribution is -2.20. The fourth-order valence-corrected chi connectivity index (χ4v) is 3.05. The zero-order valence-electron chi connectivity index (χ0n) is 13.2. The topological polar surface area (TPSA) is 41.5 Å². The highest BCUT2D eigenvalue weighted by Crippen LogP contribution is 2.28. The summed E-state index contributed by atoms with van der Waals surface area (Å²) in [6.07, 6.45) is 6.89. The van der Waals surface area contributed by atoms with Gasteiger partial charge in [0.25, 0.3) is 0 Å². The molecule has 21 heavy (non-hydrogen) atoms. The first-order valence-electron chi connectivity index (χ1n) is 8.38. The van der Waals surface area contributed by atoms with Gasteiger partial charge in [-0.2, -0.15) is 0 Å². The SMILES string of the molecule is CCCNCc1cccc(OCC(O)CC2CCCC2)c1. The molecule has 1 fully saturated rings. The second-order valence-corrected chi connectivity index (χ2v) is 6.18. The number of rotatable bonds is 9. The Morgan fingerprint density at radius 3 is 2.90 bits per heavy atom. The molecule has 1 saturated carbocycles. The smallest absolute Gasteiger partial charge is 0.119 e. The van der Waals surface area contributed by atoms with Crippen molar-refractivity contribution in [3.63, 3.8) is 0 Å². The van der Waals surface area contributed by atoms with E-state index >= 15 is 0 Å². The van der Waals surface area contributed by atoms with Gasteiger partial charge < -0.3 is 15.2 Å². The third-order valence-corrected chi connectivity index (χ3v) is 4.18. The second kappa shape index (κ2) is 9.06. The van der Waals surface area contributed by atoms with E-state index in [4.69, 9.17) is 4.74 Å². The molecule has 0 radical (unpaired) electrons. The largest absolute Gasteiger partial charge is 0.491 e. The van der Waals surface area contributed by atoms with Gasteiger partial charge >= 0.3 is 0 Å². The molecule has 1 aliphatic carbocycles. The molecule has 0 heterocycles. The predicted molar refractivity (Wildman–Crippen MR) is 86.5 cm³/mol. The molecule has 0 spiro atoms. The number of hydrogen-bond acceptors (Lipinski definition) is 3. The molecule has 1 aromatic rings. The number of benzene rings is 1. The predicted octanol–water partition coefficient (Wildman–Crippen LogP) is 3.51. The summed E-state index contributed by atoms with van der Waals surface area (Å²) < 4.78 is 5.75. The van der Waals surface area contributed by atoms with Crippen LogP contribution in [0.1, 0.15) is 51.0 Å². The molecule has 0 bridgehead atoms. The highest BCUT2D eigenvalue weighted by molar-refractivity contribution is 5.28. The summed E-state index contributed by atoms with van der Waals surface area (Å²) in [4.78, 5) is 0. The van der Waals surface area contributed by atoms with Crippen molar-refractivity contribution in [3.05, 3.63) is 29.8 Å². The minimum absolute atomic E-state index is 0.338. The van der Waals surface area contributed by atoms with Crippen LogP contribution >= 0.6 is 0 Å². The zero-order chi connectivity index (χ0) is 14.9. The molecule has 1 atom stereocenters. The van der Waals surface area contributed by atoms with Crippen molar-refractivity contribution >= 4 is 0 Å². The van der Waals surface area contributed by atoms with E-state index in [-0.39, 0.29) is 6.10 Å². The fraction of sp³-hybridized carbons (Fsp3) is 0.667. The minimum atomic E-state index is -0.338. The summed E-state index contributed by atoms with van der Waals surface area (Å²) in [5.41, 5.74) is 1.23. The number of hydrogen-bond donors (Lipinski definition) is 2. The van der Waals surface area contributed by atoms with Crippen LogP contribution in [0.15, 0.2) is 24.3 Å². The number of aliphatic hydroxyl groups is 1. The summed E-state index contributed by atoms with van der Waals surface area (Å²) in [5.74, 6) is 1.56. The molecule has 3 heteroatoms. The summed E-state index contributed by atoms with van der Waals surface area (Å²) in [6, 6.07) is 8.14.